The Hall–Kier alpha value is -1.07. The van der Waals surface area contributed by atoms with Crippen molar-refractivity contribution in [1.82, 2.24) is 0 Å². The van der Waals surface area contributed by atoms with Crippen molar-refractivity contribution in [2.45, 2.75) is 12.1 Å². The highest BCUT2D eigenvalue weighted by Gasteiger charge is 2.20. The van der Waals surface area contributed by atoms with Crippen molar-refractivity contribution in [2.75, 3.05) is 17.4 Å². The molecule has 0 spiro atoms. The molecule has 1 unspecified atom stereocenters. The first-order valence-corrected chi connectivity index (χ1v) is 4.93. The number of ether oxygens (including phenoxy) is 2. The minimum Gasteiger partial charge on any atom is -0.467 e. The van der Waals surface area contributed by atoms with Gasteiger partial charge in [-0.3, -0.25) is 0 Å². The molecule has 2 N–H and O–H groups in total. The van der Waals surface area contributed by atoms with Crippen LogP contribution in [0.15, 0.2) is 12.1 Å². The molecule has 4 nitrogen and oxygen atoms in total. The minimum atomic E-state index is -0.0187. The number of fused-ring (bicyclic) bond motifs is 2. The van der Waals surface area contributed by atoms with Crippen LogP contribution in [0.1, 0.15) is 5.56 Å². The second kappa shape index (κ2) is 2.96. The lowest BCUT2D eigenvalue weighted by molar-refractivity contribution is -0.0162. The molecule has 14 heavy (non-hydrogen) atoms. The van der Waals surface area contributed by atoms with Crippen LogP contribution >= 0.6 is 12.6 Å². The van der Waals surface area contributed by atoms with Gasteiger partial charge in [-0.2, -0.15) is 0 Å². The van der Waals surface area contributed by atoms with Gasteiger partial charge >= 0.3 is 0 Å². The number of thiol groups is 1. The topological polar surface area (TPSA) is 42.5 Å². The van der Waals surface area contributed by atoms with Crippen molar-refractivity contribution in [3.8, 4) is 5.75 Å². The third-order valence-corrected chi connectivity index (χ3v) is 2.60. The number of benzene rings is 1. The maximum Gasteiger partial charge on any atom is 0.189 e. The highest BCUT2D eigenvalue weighted by Crippen LogP contribution is 2.37. The van der Waals surface area contributed by atoms with E-state index < -0.39 is 0 Å². The molecular formula is C9H10N2O2S. The van der Waals surface area contributed by atoms with Gasteiger partial charge in [-0.15, -0.1) is 12.6 Å². The monoisotopic (exact) mass is 210 g/mol. The first kappa shape index (κ1) is 8.26. The predicted octanol–water partition coefficient (Wildman–Crippen LogP) is 1.60. The smallest absolute Gasteiger partial charge is 0.189 e. The molecule has 0 radical (unpaired) electrons. The van der Waals surface area contributed by atoms with E-state index in [2.05, 4.69) is 23.3 Å². The van der Waals surface area contributed by atoms with E-state index in [-0.39, 0.29) is 5.50 Å². The van der Waals surface area contributed by atoms with Crippen LogP contribution in [0, 0.1) is 0 Å². The zero-order chi connectivity index (χ0) is 9.54. The Morgan fingerprint density at radius 2 is 2.07 bits per heavy atom. The average molecular weight is 210 g/mol. The summed E-state index contributed by atoms with van der Waals surface area (Å²) in [6, 6.07) is 4.02. The maximum absolute atomic E-state index is 5.37. The predicted molar refractivity (Wildman–Crippen MR) is 56.7 cm³/mol. The van der Waals surface area contributed by atoms with Crippen molar-refractivity contribution in [1.29, 1.82) is 0 Å². The van der Waals surface area contributed by atoms with Crippen LogP contribution in [0.4, 0.5) is 11.4 Å². The molecule has 74 valence electrons. The summed E-state index contributed by atoms with van der Waals surface area (Å²) in [4.78, 5) is 0. The van der Waals surface area contributed by atoms with Gasteiger partial charge < -0.3 is 20.1 Å². The Balaban J connectivity index is 2.06. The fraction of sp³-hybridized carbons (Fsp3) is 0.333. The summed E-state index contributed by atoms with van der Waals surface area (Å²) in [7, 11) is 0. The number of nitrogens with one attached hydrogen (secondary N) is 2. The molecule has 0 aromatic heterocycles. The van der Waals surface area contributed by atoms with Gasteiger partial charge in [0, 0.05) is 11.6 Å². The number of hydrogen-bond donors (Lipinski definition) is 3. The van der Waals surface area contributed by atoms with Crippen molar-refractivity contribution in [3.63, 3.8) is 0 Å². The van der Waals surface area contributed by atoms with Gasteiger partial charge in [-0.05, 0) is 6.07 Å². The molecule has 5 heteroatoms. The van der Waals surface area contributed by atoms with Gasteiger partial charge in [-0.25, -0.2) is 0 Å². The summed E-state index contributed by atoms with van der Waals surface area (Å²) in [5.41, 5.74) is 3.14. The van der Waals surface area contributed by atoms with Crippen LogP contribution in [-0.4, -0.2) is 12.3 Å². The lowest BCUT2D eigenvalue weighted by atomic mass is 10.1. The minimum absolute atomic E-state index is 0.0187. The lowest BCUT2D eigenvalue weighted by Gasteiger charge is -2.18. The summed E-state index contributed by atoms with van der Waals surface area (Å²) in [6.45, 7) is 0.949. The van der Waals surface area contributed by atoms with E-state index in [1.165, 1.54) is 0 Å². The summed E-state index contributed by atoms with van der Waals surface area (Å²) in [5.74, 6) is 0.895. The molecule has 0 saturated carbocycles. The third-order valence-electron chi connectivity index (χ3n) is 2.34. The standard InChI is InChI=1S/C9H10N2O2S/c14-9-10-6-1-5-3-12-4-13-8(5)2-7(6)11-9/h1-2,9-11,14H,3-4H2. The highest BCUT2D eigenvalue weighted by molar-refractivity contribution is 7.81. The molecule has 0 saturated heterocycles. The van der Waals surface area contributed by atoms with Crippen molar-refractivity contribution in [2.24, 2.45) is 0 Å². The van der Waals surface area contributed by atoms with E-state index in [1.54, 1.807) is 0 Å². The Bertz CT molecular complexity index is 348. The summed E-state index contributed by atoms with van der Waals surface area (Å²) in [5, 5.41) is 6.37. The lowest BCUT2D eigenvalue weighted by Crippen LogP contribution is -2.12. The zero-order valence-corrected chi connectivity index (χ0v) is 8.30. The van der Waals surface area contributed by atoms with Crippen molar-refractivity contribution in [3.05, 3.63) is 17.7 Å². The van der Waals surface area contributed by atoms with Crippen LogP contribution in [0.25, 0.3) is 0 Å². The van der Waals surface area contributed by atoms with Gasteiger partial charge in [0.2, 0.25) is 0 Å². The fourth-order valence-corrected chi connectivity index (χ4v) is 1.98. The number of rotatable bonds is 0. The SMILES string of the molecule is SC1Nc2cc3c(cc2N1)OCOC3. The van der Waals surface area contributed by atoms with Crippen molar-refractivity contribution >= 4 is 24.0 Å². The van der Waals surface area contributed by atoms with Gasteiger partial charge in [0.05, 0.1) is 18.0 Å². The molecule has 0 bridgehead atoms. The molecule has 0 amide bonds. The van der Waals surface area contributed by atoms with E-state index in [9.17, 15) is 0 Å². The Kier molecular flexibility index (Phi) is 1.75. The van der Waals surface area contributed by atoms with Crippen LogP contribution in [0.5, 0.6) is 5.75 Å². The molecular weight excluding hydrogens is 200 g/mol. The number of hydrogen-bond acceptors (Lipinski definition) is 5. The molecule has 0 aliphatic carbocycles. The van der Waals surface area contributed by atoms with E-state index in [4.69, 9.17) is 9.47 Å². The van der Waals surface area contributed by atoms with E-state index in [1.807, 2.05) is 12.1 Å². The van der Waals surface area contributed by atoms with E-state index in [0.717, 1.165) is 22.7 Å². The molecule has 2 aliphatic rings. The third kappa shape index (κ3) is 1.20. The van der Waals surface area contributed by atoms with E-state index in [0.29, 0.717) is 13.4 Å². The Labute approximate surface area is 87.0 Å². The largest absolute Gasteiger partial charge is 0.467 e. The van der Waals surface area contributed by atoms with E-state index >= 15 is 0 Å². The summed E-state index contributed by atoms with van der Waals surface area (Å²) >= 11 is 4.29. The van der Waals surface area contributed by atoms with Crippen molar-refractivity contribution < 1.29 is 9.47 Å². The average Bonchev–Trinajstić information content (AvgIpc) is 2.53. The van der Waals surface area contributed by atoms with Crippen LogP contribution < -0.4 is 15.4 Å². The second-order valence-electron chi connectivity index (χ2n) is 3.31. The van der Waals surface area contributed by atoms with Crippen LogP contribution in [-0.2, 0) is 11.3 Å². The van der Waals surface area contributed by atoms with Gasteiger partial charge in [0.25, 0.3) is 0 Å². The van der Waals surface area contributed by atoms with Gasteiger partial charge in [-0.1, -0.05) is 0 Å². The summed E-state index contributed by atoms with van der Waals surface area (Å²) in [6.07, 6.45) is 0. The maximum atomic E-state index is 5.37. The summed E-state index contributed by atoms with van der Waals surface area (Å²) < 4.78 is 10.6. The Morgan fingerprint density at radius 3 is 2.93 bits per heavy atom. The first-order chi connectivity index (χ1) is 6.83. The quantitative estimate of drug-likeness (QED) is 0.569. The zero-order valence-electron chi connectivity index (χ0n) is 7.41. The normalized spacial score (nSPS) is 22.8. The molecule has 1 atom stereocenters. The van der Waals surface area contributed by atoms with Crippen LogP contribution in [0.2, 0.25) is 0 Å². The number of anilines is 2. The molecule has 1 aromatic rings. The molecule has 0 fully saturated rings. The fourth-order valence-electron chi connectivity index (χ4n) is 1.70. The van der Waals surface area contributed by atoms with Gasteiger partial charge in [0.15, 0.2) is 6.79 Å². The molecule has 3 rings (SSSR count). The van der Waals surface area contributed by atoms with Gasteiger partial charge in [0.1, 0.15) is 11.2 Å². The van der Waals surface area contributed by atoms with Crippen LogP contribution in [0.3, 0.4) is 0 Å². The highest BCUT2D eigenvalue weighted by atomic mass is 32.1. The Morgan fingerprint density at radius 1 is 1.29 bits per heavy atom. The first-order valence-electron chi connectivity index (χ1n) is 4.41. The molecule has 2 heterocycles. The second-order valence-corrected chi connectivity index (χ2v) is 3.82. The molecule has 2 aliphatic heterocycles. The molecule has 1 aromatic carbocycles.